The summed E-state index contributed by atoms with van der Waals surface area (Å²) in [4.78, 5) is 20.9. The number of aliphatic hydroxyl groups excluding tert-OH is 1. The number of nitrogens with zero attached hydrogens (tertiary/aromatic N) is 2. The van der Waals surface area contributed by atoms with Crippen LogP contribution in [0.4, 0.5) is 0 Å². The van der Waals surface area contributed by atoms with E-state index in [1.807, 2.05) is 58.0 Å². The van der Waals surface area contributed by atoms with E-state index in [1.165, 1.54) is 20.6 Å². The van der Waals surface area contributed by atoms with Gasteiger partial charge in [-0.2, -0.15) is 0 Å². The van der Waals surface area contributed by atoms with Crippen molar-refractivity contribution in [2.75, 3.05) is 0 Å². The number of thiophene rings is 1. The van der Waals surface area contributed by atoms with Crippen LogP contribution in [0.1, 0.15) is 54.7 Å². The van der Waals surface area contributed by atoms with E-state index in [4.69, 9.17) is 1.37 Å². The summed E-state index contributed by atoms with van der Waals surface area (Å²) in [6.07, 6.45) is 6.54. The molecule has 7 heteroatoms. The third kappa shape index (κ3) is 8.22. The van der Waals surface area contributed by atoms with Crippen LogP contribution in [-0.2, 0) is 24.9 Å². The van der Waals surface area contributed by atoms with E-state index in [-0.39, 0.29) is 43.5 Å². The molecule has 0 amide bonds. The molecule has 0 atom stereocenters. The van der Waals surface area contributed by atoms with Gasteiger partial charge in [0.05, 0.1) is 5.76 Å². The summed E-state index contributed by atoms with van der Waals surface area (Å²) in [5.41, 5.74) is 2.71. The molecule has 0 saturated carbocycles. The van der Waals surface area contributed by atoms with Gasteiger partial charge in [-0.25, -0.2) is 0 Å². The fourth-order valence-corrected chi connectivity index (χ4v) is 9.04. The number of allylic oxidation sites excluding steroid dienone is 2. The van der Waals surface area contributed by atoms with Crippen LogP contribution in [0.5, 0.6) is 0 Å². The van der Waals surface area contributed by atoms with Crippen LogP contribution in [0.25, 0.3) is 42.3 Å². The minimum Gasteiger partial charge on any atom is 0 e. The first-order chi connectivity index (χ1) is 20.5. The van der Waals surface area contributed by atoms with Gasteiger partial charge in [-0.05, 0) is 25.7 Å². The number of rotatable bonds is 9. The Labute approximate surface area is 278 Å². The molecule has 0 aliphatic carbocycles. The molecule has 0 saturated heterocycles. The maximum Gasteiger partial charge on any atom is 0 e. The average molecular weight is 834 g/mol. The van der Waals surface area contributed by atoms with E-state index in [0.29, 0.717) is 6.04 Å². The number of fused-ring (bicyclic) bond motifs is 4. The van der Waals surface area contributed by atoms with Crippen molar-refractivity contribution in [2.45, 2.75) is 70.6 Å². The van der Waals surface area contributed by atoms with Gasteiger partial charge >= 0.3 is 167 Å². The van der Waals surface area contributed by atoms with Gasteiger partial charge in [0.1, 0.15) is 0 Å². The van der Waals surface area contributed by atoms with E-state index >= 15 is 0 Å². The van der Waals surface area contributed by atoms with Crippen LogP contribution >= 0.6 is 11.3 Å². The molecule has 0 spiro atoms. The number of carbonyl (C=O) groups excluding carboxylic acids is 1. The Kier molecular flexibility index (Phi) is 12.1. The summed E-state index contributed by atoms with van der Waals surface area (Å²) in [6, 6.07) is 20.6. The summed E-state index contributed by atoms with van der Waals surface area (Å²) in [6.45, 7) is 8.07. The minimum absolute atomic E-state index is 0. The Morgan fingerprint density at radius 1 is 1.00 bits per heavy atom. The van der Waals surface area contributed by atoms with Gasteiger partial charge < -0.3 is 5.11 Å². The Balaban J connectivity index is 0.000000286. The average Bonchev–Trinajstić information content (AvgIpc) is 3.36. The molecular weight excluding hydrogens is 789 g/mol. The molecule has 1 N–H and O–H groups in total. The molecule has 229 valence electrons. The molecule has 3 aromatic carbocycles. The second-order valence-electron chi connectivity index (χ2n) is 11.8. The molecule has 4 nitrogen and oxygen atoms in total. The van der Waals surface area contributed by atoms with Crippen LogP contribution in [0.15, 0.2) is 72.7 Å². The molecule has 5 aromatic rings. The normalized spacial score (nSPS) is 12.4. The first-order valence-electron chi connectivity index (χ1n) is 15.6. The summed E-state index contributed by atoms with van der Waals surface area (Å²) in [5, 5.41) is 12.8. The van der Waals surface area contributed by atoms with Crippen molar-refractivity contribution in [3.8, 4) is 11.3 Å². The molecule has 1 radical (unpaired) electrons. The predicted octanol–water partition coefficient (Wildman–Crippen LogP) is 9.88. The van der Waals surface area contributed by atoms with Crippen LogP contribution in [0, 0.1) is 17.9 Å². The zero-order valence-corrected chi connectivity index (χ0v) is 31.6. The molecule has 5 rings (SSSR count). The summed E-state index contributed by atoms with van der Waals surface area (Å²) in [7, 11) is 0. The molecule has 0 aliphatic rings. The molecule has 0 unspecified atom stereocenters. The third-order valence-electron chi connectivity index (χ3n) is 8.02. The van der Waals surface area contributed by atoms with E-state index in [0.717, 1.165) is 57.9 Å². The number of aromatic nitrogens is 2. The van der Waals surface area contributed by atoms with Crippen molar-refractivity contribution in [1.82, 2.24) is 9.97 Å². The smallest absolute Gasteiger partial charge is 0 e. The molecule has 0 fully saturated rings. The third-order valence-corrected chi connectivity index (χ3v) is 13.5. The standard InChI is InChI=1S/C23H19GeN2S.C13H24O2.Ir/c1-24(2,3)18-10-11-19-20(13-18)27-23-21(25-14-26-22(19)23)17-9-8-15-6-4-5-7-16(15)12-17;1-5-10(6-2)12(14)9-13(15)11(7-3)8-4;/h4-11,13-14H,1-3H3;9-11,14H,5-8H2,1-4H3;/q-1;;/b;12-9-;/i8D;;. The zero-order valence-electron chi connectivity index (χ0n) is 27.2. The number of aliphatic hydroxyl groups is 1. The van der Waals surface area contributed by atoms with Gasteiger partial charge in [0, 0.05) is 38.0 Å². The van der Waals surface area contributed by atoms with Crippen molar-refractivity contribution < 1.29 is 31.4 Å². The van der Waals surface area contributed by atoms with E-state index in [2.05, 4.69) is 51.5 Å². The summed E-state index contributed by atoms with van der Waals surface area (Å²) < 4.78 is 12.2. The fourth-order valence-electron chi connectivity index (χ4n) is 5.19. The molecule has 2 heterocycles. The zero-order chi connectivity index (χ0) is 31.3. The van der Waals surface area contributed by atoms with Crippen LogP contribution in [-0.4, -0.2) is 34.1 Å². The largest absolute Gasteiger partial charge is 0 e. The Bertz CT molecular complexity index is 1770. The van der Waals surface area contributed by atoms with E-state index in [9.17, 15) is 9.90 Å². The first-order valence-corrected chi connectivity index (χ1v) is 23.2. The van der Waals surface area contributed by atoms with Crippen LogP contribution in [0.2, 0.25) is 17.3 Å². The molecule has 0 aliphatic heterocycles. The SMILES string of the molecule is CCC(CC)C(=O)/C=C(\O)C(CC)CC.[2H]c1cc(-c2ncnc3c2sc2c[c]([Ge]([CH3])([CH3])[CH3])ccc23)[c-]c2ccccc12.[Ir]. The topological polar surface area (TPSA) is 63.1 Å². The molecule has 0 bridgehead atoms. The van der Waals surface area contributed by atoms with Gasteiger partial charge in [-0.1, -0.05) is 27.7 Å². The van der Waals surface area contributed by atoms with Crippen molar-refractivity contribution in [3.05, 3.63) is 78.8 Å². The van der Waals surface area contributed by atoms with Crippen LogP contribution in [0.3, 0.4) is 0 Å². The Morgan fingerprint density at radius 3 is 2.33 bits per heavy atom. The van der Waals surface area contributed by atoms with E-state index < -0.39 is 13.3 Å². The first kappa shape index (κ1) is 33.5. The number of ketones is 1. The van der Waals surface area contributed by atoms with Crippen LogP contribution < -0.4 is 4.40 Å². The monoisotopic (exact) mass is 835 g/mol. The summed E-state index contributed by atoms with van der Waals surface area (Å²) in [5.74, 6) is 7.80. The molecule has 43 heavy (non-hydrogen) atoms. The van der Waals surface area contributed by atoms with Gasteiger partial charge in [0.15, 0.2) is 5.78 Å². The number of benzene rings is 3. The second-order valence-corrected chi connectivity index (χ2v) is 23.5. The van der Waals surface area contributed by atoms with E-state index in [1.54, 1.807) is 17.7 Å². The molecular formula is C36H43GeIrN2O2S-. The maximum absolute atomic E-state index is 11.7. The van der Waals surface area contributed by atoms with Gasteiger partial charge in [-0.3, -0.25) is 4.79 Å². The Morgan fingerprint density at radius 2 is 1.67 bits per heavy atom. The van der Waals surface area contributed by atoms with Gasteiger partial charge in [-0.15, -0.1) is 0 Å². The quantitative estimate of drug-likeness (QED) is 0.0696. The maximum atomic E-state index is 11.7. The second kappa shape index (κ2) is 15.6. The predicted molar refractivity (Wildman–Crippen MR) is 184 cm³/mol. The van der Waals surface area contributed by atoms with Crippen molar-refractivity contribution in [1.29, 1.82) is 0 Å². The molecule has 2 aromatic heterocycles. The van der Waals surface area contributed by atoms with Crippen molar-refractivity contribution >= 4 is 65.9 Å². The fraction of sp³-hybridized carbons (Fsp3) is 0.361. The van der Waals surface area contributed by atoms with Crippen molar-refractivity contribution in [2.24, 2.45) is 11.8 Å². The van der Waals surface area contributed by atoms with Gasteiger partial charge in [0.25, 0.3) is 0 Å². The number of hydrogen-bond acceptors (Lipinski definition) is 5. The Hall–Kier alpha value is -2.38. The van der Waals surface area contributed by atoms with Crippen molar-refractivity contribution in [3.63, 3.8) is 0 Å². The summed E-state index contributed by atoms with van der Waals surface area (Å²) >= 11 is -0.144. The minimum atomic E-state index is -1.89. The number of carbonyl (C=O) groups is 1. The number of hydrogen-bond donors (Lipinski definition) is 1. The van der Waals surface area contributed by atoms with Gasteiger partial charge in [0.2, 0.25) is 0 Å².